The van der Waals surface area contributed by atoms with Crippen LogP contribution in [0.5, 0.6) is 0 Å². The Bertz CT molecular complexity index is 1850. The lowest BCUT2D eigenvalue weighted by Gasteiger charge is -2.21. The van der Waals surface area contributed by atoms with Crippen LogP contribution >= 0.6 is 15.6 Å². The molecule has 0 bridgehead atoms. The van der Waals surface area contributed by atoms with E-state index >= 15 is 0 Å². The summed E-state index contributed by atoms with van der Waals surface area (Å²) in [5, 5.41) is 10.6. The molecule has 3 N–H and O–H groups in total. The highest BCUT2D eigenvalue weighted by molar-refractivity contribution is 7.47. The van der Waals surface area contributed by atoms with Crippen LogP contribution in [0.2, 0.25) is 0 Å². The fourth-order valence-electron chi connectivity index (χ4n) is 11.4. The van der Waals surface area contributed by atoms with Crippen molar-refractivity contribution in [1.82, 2.24) is 0 Å². The maximum absolute atomic E-state index is 13.1. The third kappa shape index (κ3) is 68.6. The molecule has 17 nitrogen and oxygen atoms in total. The second-order valence-electron chi connectivity index (χ2n) is 28.9. The summed E-state index contributed by atoms with van der Waals surface area (Å²) in [4.78, 5) is 72.7. The topological polar surface area (TPSA) is 237 Å². The van der Waals surface area contributed by atoms with E-state index in [2.05, 4.69) is 55.4 Å². The van der Waals surface area contributed by atoms with Crippen molar-refractivity contribution in [2.45, 2.75) is 395 Å². The van der Waals surface area contributed by atoms with Crippen molar-refractivity contribution >= 4 is 39.5 Å². The Morgan fingerprint density at radius 1 is 0.266 bits per heavy atom. The molecule has 0 spiro atoms. The lowest BCUT2D eigenvalue weighted by molar-refractivity contribution is -0.161. The van der Waals surface area contributed by atoms with Gasteiger partial charge in [-0.05, 0) is 49.4 Å². The fourth-order valence-corrected chi connectivity index (χ4v) is 13.0. The van der Waals surface area contributed by atoms with E-state index in [4.69, 9.17) is 37.0 Å². The standard InChI is InChI=1S/C75H146O17P2/c1-65(2)51-43-35-27-19-15-13-11-9-10-12-14-16-22-31-39-47-55-72(77)85-61-70(91-74(79)57-49-41-33-23-17-20-28-36-44-52-66(3)4)63-89-93(81,82)87-59-69(76)60-88-94(83,84)90-64-71(62-86-73(78)56-48-40-32-26-25-30-38-46-54-68(7)8)92-75(80)58-50-42-34-24-18-21-29-37-45-53-67(5)6/h65-71,76H,9-64H2,1-8H3,(H,81,82)(H,83,84)/t69?,70-,71-/m1/s1. The van der Waals surface area contributed by atoms with Crippen molar-refractivity contribution in [2.24, 2.45) is 23.7 Å². The maximum atomic E-state index is 13.1. The summed E-state index contributed by atoms with van der Waals surface area (Å²) < 4.78 is 68.5. The molecule has 3 unspecified atom stereocenters. The molecule has 0 aromatic carbocycles. The first-order chi connectivity index (χ1) is 45.1. The van der Waals surface area contributed by atoms with Gasteiger partial charge in [-0.3, -0.25) is 37.3 Å². The Morgan fingerprint density at radius 2 is 0.447 bits per heavy atom. The highest BCUT2D eigenvalue weighted by Gasteiger charge is 2.30. The zero-order chi connectivity index (χ0) is 69.6. The van der Waals surface area contributed by atoms with Gasteiger partial charge in [-0.25, -0.2) is 9.13 Å². The summed E-state index contributed by atoms with van der Waals surface area (Å²) in [7, 11) is -9.91. The molecule has 94 heavy (non-hydrogen) atoms. The second-order valence-corrected chi connectivity index (χ2v) is 31.9. The molecule has 0 aliphatic heterocycles. The predicted molar refractivity (Wildman–Crippen MR) is 381 cm³/mol. The Labute approximate surface area is 575 Å². The summed E-state index contributed by atoms with van der Waals surface area (Å²) in [5.41, 5.74) is 0. The smallest absolute Gasteiger partial charge is 0.462 e. The van der Waals surface area contributed by atoms with Crippen molar-refractivity contribution in [1.29, 1.82) is 0 Å². The van der Waals surface area contributed by atoms with Crippen molar-refractivity contribution in [3.8, 4) is 0 Å². The quantitative estimate of drug-likeness (QED) is 0.0222. The van der Waals surface area contributed by atoms with E-state index in [1.807, 2.05) is 0 Å². The number of ether oxygens (including phenoxy) is 4. The number of unbranched alkanes of at least 4 members (excludes halogenated alkanes) is 38. The van der Waals surface area contributed by atoms with Gasteiger partial charge in [-0.2, -0.15) is 0 Å². The van der Waals surface area contributed by atoms with Crippen LogP contribution in [0.1, 0.15) is 376 Å². The third-order valence-electron chi connectivity index (χ3n) is 17.3. The Morgan fingerprint density at radius 3 is 0.660 bits per heavy atom. The van der Waals surface area contributed by atoms with Crippen LogP contribution in [-0.4, -0.2) is 96.7 Å². The van der Waals surface area contributed by atoms with Gasteiger partial charge in [0.05, 0.1) is 26.4 Å². The SMILES string of the molecule is CC(C)CCCCCCCCCCCCCCCCCCC(=O)OC[C@H](COP(=O)(O)OCC(O)COP(=O)(O)OC[C@@H](COC(=O)CCCCCCCCCCC(C)C)OC(=O)CCCCCCCCCCCC(C)C)OC(=O)CCCCCCCCCCCC(C)C. The first-order valence-corrected chi connectivity index (χ1v) is 41.7. The normalized spacial score (nSPS) is 14.2. The summed E-state index contributed by atoms with van der Waals surface area (Å²) >= 11 is 0. The lowest BCUT2D eigenvalue weighted by atomic mass is 10.0. The minimum Gasteiger partial charge on any atom is -0.462 e. The Kier molecular flexibility index (Phi) is 63.1. The van der Waals surface area contributed by atoms with Gasteiger partial charge >= 0.3 is 39.5 Å². The number of aliphatic hydroxyl groups excluding tert-OH is 1. The van der Waals surface area contributed by atoms with Crippen LogP contribution in [0, 0.1) is 23.7 Å². The van der Waals surface area contributed by atoms with Gasteiger partial charge < -0.3 is 33.8 Å². The van der Waals surface area contributed by atoms with Crippen LogP contribution in [0.4, 0.5) is 0 Å². The Balaban J connectivity index is 5.21. The molecule has 0 radical (unpaired) electrons. The molecular weight excluding hydrogens is 1230 g/mol. The van der Waals surface area contributed by atoms with Gasteiger partial charge in [0, 0.05) is 25.7 Å². The number of rotatable bonds is 72. The number of aliphatic hydroxyl groups is 1. The van der Waals surface area contributed by atoms with Crippen molar-refractivity contribution in [3.05, 3.63) is 0 Å². The monoisotopic (exact) mass is 1380 g/mol. The second kappa shape index (κ2) is 64.4. The fraction of sp³-hybridized carbons (Fsp3) is 0.947. The molecule has 0 aliphatic rings. The van der Waals surface area contributed by atoms with Crippen LogP contribution in [-0.2, 0) is 65.4 Å². The number of hydrogen-bond acceptors (Lipinski definition) is 15. The van der Waals surface area contributed by atoms with E-state index in [1.165, 1.54) is 180 Å². The number of phosphoric acid groups is 2. The van der Waals surface area contributed by atoms with E-state index in [-0.39, 0.29) is 25.7 Å². The number of carbonyl (C=O) groups excluding carboxylic acids is 4. The molecule has 19 heteroatoms. The summed E-state index contributed by atoms with van der Waals surface area (Å²) in [5.74, 6) is 0.888. The first-order valence-electron chi connectivity index (χ1n) is 38.7. The van der Waals surface area contributed by atoms with E-state index < -0.39 is 97.5 Å². The first kappa shape index (κ1) is 92.1. The molecule has 558 valence electrons. The van der Waals surface area contributed by atoms with Crippen LogP contribution in [0.25, 0.3) is 0 Å². The van der Waals surface area contributed by atoms with Gasteiger partial charge in [0.1, 0.15) is 19.3 Å². The van der Waals surface area contributed by atoms with Gasteiger partial charge in [0.15, 0.2) is 12.2 Å². The summed E-state index contributed by atoms with van der Waals surface area (Å²) in [6.07, 6.45) is 48.7. The molecule has 0 aliphatic carbocycles. The van der Waals surface area contributed by atoms with Gasteiger partial charge in [0.2, 0.25) is 0 Å². The summed E-state index contributed by atoms with van der Waals surface area (Å²) in [6, 6.07) is 0. The lowest BCUT2D eigenvalue weighted by Crippen LogP contribution is -2.30. The number of phosphoric ester groups is 2. The molecular formula is C75H146O17P2. The number of carbonyl (C=O) groups is 4. The third-order valence-corrected chi connectivity index (χ3v) is 19.2. The van der Waals surface area contributed by atoms with E-state index in [0.717, 1.165) is 114 Å². The maximum Gasteiger partial charge on any atom is 0.472 e. The molecule has 0 aromatic heterocycles. The van der Waals surface area contributed by atoms with Crippen molar-refractivity contribution in [2.75, 3.05) is 39.6 Å². The van der Waals surface area contributed by atoms with Gasteiger partial charge in [-0.1, -0.05) is 325 Å². The molecule has 0 rings (SSSR count). The highest BCUT2D eigenvalue weighted by Crippen LogP contribution is 2.45. The molecule has 0 heterocycles. The Hall–Kier alpha value is -1.94. The van der Waals surface area contributed by atoms with Crippen LogP contribution in [0.15, 0.2) is 0 Å². The minimum atomic E-state index is -4.96. The number of esters is 4. The van der Waals surface area contributed by atoms with Gasteiger partial charge in [0.25, 0.3) is 0 Å². The minimum absolute atomic E-state index is 0.104. The van der Waals surface area contributed by atoms with Crippen molar-refractivity contribution in [3.63, 3.8) is 0 Å². The van der Waals surface area contributed by atoms with Crippen molar-refractivity contribution < 1.29 is 80.2 Å². The highest BCUT2D eigenvalue weighted by atomic mass is 31.2. The average molecular weight is 1380 g/mol. The molecule has 0 saturated carbocycles. The molecule has 0 fully saturated rings. The van der Waals surface area contributed by atoms with E-state index in [0.29, 0.717) is 25.7 Å². The van der Waals surface area contributed by atoms with Crippen LogP contribution in [0.3, 0.4) is 0 Å². The largest absolute Gasteiger partial charge is 0.472 e. The molecule has 0 aromatic rings. The molecule has 0 saturated heterocycles. The zero-order valence-corrected chi connectivity index (χ0v) is 63.4. The predicted octanol–water partition coefficient (Wildman–Crippen LogP) is 21.7. The van der Waals surface area contributed by atoms with Crippen LogP contribution < -0.4 is 0 Å². The van der Waals surface area contributed by atoms with E-state index in [1.54, 1.807) is 0 Å². The molecule has 0 amide bonds. The average Bonchev–Trinajstić information content (AvgIpc) is 2.02. The zero-order valence-electron chi connectivity index (χ0n) is 61.6. The van der Waals surface area contributed by atoms with Gasteiger partial charge in [-0.15, -0.1) is 0 Å². The van der Waals surface area contributed by atoms with E-state index in [9.17, 15) is 43.2 Å². The molecule has 5 atom stereocenters. The summed E-state index contributed by atoms with van der Waals surface area (Å²) in [6.45, 7) is 14.1. The number of hydrogen-bond donors (Lipinski definition) is 3.